The number of hydrogen-bond donors (Lipinski definition) is 3. The van der Waals surface area contributed by atoms with Gasteiger partial charge in [0.15, 0.2) is 0 Å². The Morgan fingerprint density at radius 2 is 1.79 bits per heavy atom. The van der Waals surface area contributed by atoms with Crippen molar-refractivity contribution in [3.05, 3.63) is 24.3 Å². The molecule has 0 aliphatic carbocycles. The fourth-order valence-corrected chi connectivity index (χ4v) is 5.64. The Bertz CT molecular complexity index is 848. The van der Waals surface area contributed by atoms with Crippen molar-refractivity contribution in [1.29, 1.82) is 0 Å². The minimum absolute atomic E-state index is 0.127. The first-order chi connectivity index (χ1) is 15.8. The standard InChI is InChI=1S/C23H39N5O4S/c1-18(2)17-22(24)23(29)26-11-12-27-13-15-28(16-14-27)33(30,31)21-5-3-19(4-6-21)32-20-7-9-25-10-8-20/h3-6,18,20,22,25H,7-17,24H2,1-2H3,(H,26,29)/t22-/m0/s1. The average molecular weight is 482 g/mol. The Morgan fingerprint density at radius 1 is 1.15 bits per heavy atom. The Labute approximate surface area is 198 Å². The molecule has 186 valence electrons. The van der Waals surface area contributed by atoms with Gasteiger partial charge >= 0.3 is 0 Å². The molecular formula is C23H39N5O4S. The molecule has 2 fully saturated rings. The summed E-state index contributed by atoms with van der Waals surface area (Å²) in [6, 6.07) is 6.28. The van der Waals surface area contributed by atoms with E-state index in [1.54, 1.807) is 24.3 Å². The lowest BCUT2D eigenvalue weighted by Gasteiger charge is -2.34. The zero-order valence-electron chi connectivity index (χ0n) is 19.8. The highest BCUT2D eigenvalue weighted by Gasteiger charge is 2.28. The summed E-state index contributed by atoms with van der Waals surface area (Å²) in [7, 11) is -3.54. The number of nitrogens with zero attached hydrogens (tertiary/aromatic N) is 2. The Morgan fingerprint density at radius 3 is 2.39 bits per heavy atom. The van der Waals surface area contributed by atoms with Crippen LogP contribution in [0.1, 0.15) is 33.1 Å². The number of ether oxygens (including phenoxy) is 1. The fourth-order valence-electron chi connectivity index (χ4n) is 4.22. The van der Waals surface area contributed by atoms with E-state index in [9.17, 15) is 13.2 Å². The van der Waals surface area contributed by atoms with Crippen LogP contribution in [0, 0.1) is 5.92 Å². The van der Waals surface area contributed by atoms with E-state index in [-0.39, 0.29) is 12.0 Å². The van der Waals surface area contributed by atoms with E-state index < -0.39 is 16.1 Å². The van der Waals surface area contributed by atoms with Crippen LogP contribution in [-0.2, 0) is 14.8 Å². The third kappa shape index (κ3) is 7.65. The number of nitrogens with one attached hydrogen (secondary N) is 2. The molecule has 0 unspecified atom stereocenters. The van der Waals surface area contributed by atoms with E-state index in [1.807, 2.05) is 13.8 Å². The first-order valence-corrected chi connectivity index (χ1v) is 13.4. The topological polar surface area (TPSA) is 117 Å². The molecule has 1 aromatic carbocycles. The van der Waals surface area contributed by atoms with Crippen molar-refractivity contribution in [2.45, 2.75) is 50.2 Å². The van der Waals surface area contributed by atoms with Gasteiger partial charge in [0.1, 0.15) is 11.9 Å². The van der Waals surface area contributed by atoms with Gasteiger partial charge in [0.25, 0.3) is 0 Å². The largest absolute Gasteiger partial charge is 0.490 e. The van der Waals surface area contributed by atoms with Crippen LogP contribution in [0.15, 0.2) is 29.2 Å². The molecule has 2 heterocycles. The number of benzene rings is 1. The van der Waals surface area contributed by atoms with Gasteiger partial charge in [0.05, 0.1) is 10.9 Å². The minimum atomic E-state index is -3.54. The summed E-state index contributed by atoms with van der Waals surface area (Å²) in [6.45, 7) is 9.27. The summed E-state index contributed by atoms with van der Waals surface area (Å²) in [4.78, 5) is 14.5. The van der Waals surface area contributed by atoms with Crippen molar-refractivity contribution in [2.75, 3.05) is 52.4 Å². The summed E-state index contributed by atoms with van der Waals surface area (Å²) >= 11 is 0. The molecule has 0 spiro atoms. The molecule has 4 N–H and O–H groups in total. The smallest absolute Gasteiger partial charge is 0.243 e. The second-order valence-electron chi connectivity index (χ2n) is 9.31. The van der Waals surface area contributed by atoms with Gasteiger partial charge in [-0.15, -0.1) is 0 Å². The molecule has 33 heavy (non-hydrogen) atoms. The Kier molecular flexibility index (Phi) is 9.51. The highest BCUT2D eigenvalue weighted by Crippen LogP contribution is 2.22. The number of nitrogens with two attached hydrogens (primary N) is 1. The van der Waals surface area contributed by atoms with Gasteiger partial charge in [0, 0.05) is 39.3 Å². The predicted octanol–water partition coefficient (Wildman–Crippen LogP) is 0.613. The van der Waals surface area contributed by atoms with E-state index in [2.05, 4.69) is 15.5 Å². The van der Waals surface area contributed by atoms with Crippen LogP contribution >= 0.6 is 0 Å². The number of piperidine rings is 1. The number of rotatable bonds is 10. The highest BCUT2D eigenvalue weighted by molar-refractivity contribution is 7.89. The summed E-state index contributed by atoms with van der Waals surface area (Å²) in [6.07, 6.45) is 2.75. The summed E-state index contributed by atoms with van der Waals surface area (Å²) in [5, 5.41) is 6.19. The van der Waals surface area contributed by atoms with Gasteiger partial charge in [0.2, 0.25) is 15.9 Å². The van der Waals surface area contributed by atoms with E-state index in [0.717, 1.165) is 25.9 Å². The van der Waals surface area contributed by atoms with Crippen LogP contribution in [0.5, 0.6) is 5.75 Å². The number of hydrogen-bond acceptors (Lipinski definition) is 7. The van der Waals surface area contributed by atoms with Crippen LogP contribution in [0.25, 0.3) is 0 Å². The number of piperazine rings is 1. The molecule has 1 aromatic rings. The third-order valence-corrected chi connectivity index (χ3v) is 8.08. The lowest BCUT2D eigenvalue weighted by atomic mass is 10.0. The van der Waals surface area contributed by atoms with Gasteiger partial charge < -0.3 is 21.1 Å². The van der Waals surface area contributed by atoms with Crippen LogP contribution in [0.4, 0.5) is 0 Å². The van der Waals surface area contributed by atoms with E-state index in [4.69, 9.17) is 10.5 Å². The van der Waals surface area contributed by atoms with Crippen LogP contribution in [0.2, 0.25) is 0 Å². The average Bonchev–Trinajstić information content (AvgIpc) is 2.80. The van der Waals surface area contributed by atoms with E-state index >= 15 is 0 Å². The molecule has 3 rings (SSSR count). The Balaban J connectivity index is 1.43. The van der Waals surface area contributed by atoms with Crippen molar-refractivity contribution >= 4 is 15.9 Å². The molecule has 10 heteroatoms. The number of carbonyl (C=O) groups excluding carboxylic acids is 1. The molecule has 0 bridgehead atoms. The molecule has 0 radical (unpaired) electrons. The van der Waals surface area contributed by atoms with Crippen molar-refractivity contribution in [2.24, 2.45) is 11.7 Å². The van der Waals surface area contributed by atoms with Gasteiger partial charge in [-0.2, -0.15) is 4.31 Å². The maximum Gasteiger partial charge on any atom is 0.243 e. The minimum Gasteiger partial charge on any atom is -0.490 e. The zero-order chi connectivity index (χ0) is 23.8. The first kappa shape index (κ1) is 25.9. The highest BCUT2D eigenvalue weighted by atomic mass is 32.2. The number of carbonyl (C=O) groups is 1. The Hall–Kier alpha value is -1.72. The van der Waals surface area contributed by atoms with Crippen molar-refractivity contribution < 1.29 is 17.9 Å². The van der Waals surface area contributed by atoms with Crippen molar-refractivity contribution in [3.8, 4) is 5.75 Å². The maximum absolute atomic E-state index is 13.0. The molecule has 0 saturated carbocycles. The van der Waals surface area contributed by atoms with E-state index in [1.165, 1.54) is 4.31 Å². The van der Waals surface area contributed by atoms with Crippen LogP contribution in [-0.4, -0.2) is 88.0 Å². The lowest BCUT2D eigenvalue weighted by molar-refractivity contribution is -0.122. The quantitative estimate of drug-likeness (QED) is 0.448. The van der Waals surface area contributed by atoms with Crippen LogP contribution in [0.3, 0.4) is 0 Å². The van der Waals surface area contributed by atoms with E-state index in [0.29, 0.717) is 62.3 Å². The van der Waals surface area contributed by atoms with Crippen molar-refractivity contribution in [1.82, 2.24) is 19.8 Å². The normalized spacial score (nSPS) is 20.0. The second-order valence-corrected chi connectivity index (χ2v) is 11.2. The first-order valence-electron chi connectivity index (χ1n) is 12.0. The third-order valence-electron chi connectivity index (χ3n) is 6.17. The molecular weight excluding hydrogens is 442 g/mol. The lowest BCUT2D eigenvalue weighted by Crippen LogP contribution is -2.51. The molecule has 0 aromatic heterocycles. The summed E-state index contributed by atoms with van der Waals surface area (Å²) < 4.78 is 33.6. The number of sulfonamides is 1. The maximum atomic E-state index is 13.0. The summed E-state index contributed by atoms with van der Waals surface area (Å²) in [5.74, 6) is 0.956. The second kappa shape index (κ2) is 12.1. The molecule has 9 nitrogen and oxygen atoms in total. The van der Waals surface area contributed by atoms with Gasteiger partial charge in [-0.3, -0.25) is 9.69 Å². The molecule has 2 aliphatic heterocycles. The van der Waals surface area contributed by atoms with Gasteiger partial charge in [-0.05, 0) is 62.5 Å². The molecule has 1 amide bonds. The number of amides is 1. The zero-order valence-corrected chi connectivity index (χ0v) is 20.6. The SMILES string of the molecule is CC(C)C[C@H](N)C(=O)NCCN1CCN(S(=O)(=O)c2ccc(OC3CCNCC3)cc2)CC1. The monoisotopic (exact) mass is 481 g/mol. The van der Waals surface area contributed by atoms with Crippen LogP contribution < -0.4 is 21.1 Å². The molecule has 2 aliphatic rings. The van der Waals surface area contributed by atoms with Gasteiger partial charge in [-0.1, -0.05) is 13.8 Å². The predicted molar refractivity (Wildman–Crippen MR) is 129 cm³/mol. The van der Waals surface area contributed by atoms with Crippen molar-refractivity contribution in [3.63, 3.8) is 0 Å². The van der Waals surface area contributed by atoms with Gasteiger partial charge in [-0.25, -0.2) is 8.42 Å². The molecule has 2 saturated heterocycles. The summed E-state index contributed by atoms with van der Waals surface area (Å²) in [5.41, 5.74) is 5.91. The molecule has 1 atom stereocenters. The fraction of sp³-hybridized carbons (Fsp3) is 0.696.